The van der Waals surface area contributed by atoms with E-state index in [2.05, 4.69) is 26.2 Å². The number of rotatable bonds is 5. The van der Waals surface area contributed by atoms with Gasteiger partial charge >= 0.3 is 6.03 Å². The second-order valence-corrected chi connectivity index (χ2v) is 7.67. The smallest absolute Gasteiger partial charge is 0.307 e. The average molecular weight is 411 g/mol. The quantitative estimate of drug-likeness (QED) is 0.626. The Morgan fingerprint density at radius 2 is 1.76 bits per heavy atom. The van der Waals surface area contributed by atoms with E-state index in [1.807, 2.05) is 64.1 Å². The predicted octanol–water partition coefficient (Wildman–Crippen LogP) is 3.34. The van der Waals surface area contributed by atoms with Crippen LogP contribution in [0.4, 0.5) is 10.5 Å². The average Bonchev–Trinajstić information content (AvgIpc) is 3.10. The minimum absolute atomic E-state index is 0.00556. The Labute approximate surface area is 173 Å². The molecule has 2 N–H and O–H groups in total. The standard InChI is InChI=1S/C20H22N6O2S/c1-12-8-9-16(15(4)10-12)21-19(28)22-17(27)11-29-20-23-24-25-26(20)18-13(2)6-5-7-14(18)3/h5-10H,11H2,1-4H3,(H2,21,22,27,28). The third kappa shape index (κ3) is 5.00. The first-order valence-electron chi connectivity index (χ1n) is 9.01. The lowest BCUT2D eigenvalue weighted by Gasteiger charge is -2.11. The Hall–Kier alpha value is -3.20. The predicted molar refractivity (Wildman–Crippen MR) is 112 cm³/mol. The van der Waals surface area contributed by atoms with Crippen LogP contribution >= 0.6 is 11.8 Å². The molecule has 0 aliphatic heterocycles. The molecule has 0 saturated heterocycles. The van der Waals surface area contributed by atoms with E-state index in [-0.39, 0.29) is 5.75 Å². The van der Waals surface area contributed by atoms with Crippen LogP contribution in [0.25, 0.3) is 5.69 Å². The minimum atomic E-state index is -0.572. The summed E-state index contributed by atoms with van der Waals surface area (Å²) >= 11 is 1.16. The number of benzene rings is 2. The fraction of sp³-hybridized carbons (Fsp3) is 0.250. The highest BCUT2D eigenvalue weighted by molar-refractivity contribution is 7.99. The molecule has 0 saturated carbocycles. The lowest BCUT2D eigenvalue weighted by Crippen LogP contribution is -2.35. The Morgan fingerprint density at radius 1 is 1.03 bits per heavy atom. The third-order valence-electron chi connectivity index (χ3n) is 4.31. The molecule has 0 spiro atoms. The van der Waals surface area contributed by atoms with E-state index in [1.54, 1.807) is 4.68 Å². The number of thioether (sulfide) groups is 1. The number of para-hydroxylation sites is 1. The second kappa shape index (κ2) is 8.87. The van der Waals surface area contributed by atoms with Crippen molar-refractivity contribution >= 4 is 29.4 Å². The monoisotopic (exact) mass is 410 g/mol. The third-order valence-corrected chi connectivity index (χ3v) is 5.23. The zero-order valence-corrected chi connectivity index (χ0v) is 17.5. The van der Waals surface area contributed by atoms with Gasteiger partial charge in [-0.3, -0.25) is 10.1 Å². The summed E-state index contributed by atoms with van der Waals surface area (Å²) in [6, 6.07) is 11.0. The molecule has 0 aliphatic rings. The summed E-state index contributed by atoms with van der Waals surface area (Å²) in [6.45, 7) is 7.82. The number of urea groups is 1. The molecule has 150 valence electrons. The van der Waals surface area contributed by atoms with E-state index in [0.29, 0.717) is 10.8 Å². The molecule has 29 heavy (non-hydrogen) atoms. The number of imide groups is 1. The fourth-order valence-corrected chi connectivity index (χ4v) is 3.63. The van der Waals surface area contributed by atoms with E-state index in [9.17, 15) is 9.59 Å². The van der Waals surface area contributed by atoms with Crippen molar-refractivity contribution in [3.8, 4) is 5.69 Å². The number of hydrogen-bond acceptors (Lipinski definition) is 6. The van der Waals surface area contributed by atoms with Crippen LogP contribution in [0.1, 0.15) is 22.3 Å². The van der Waals surface area contributed by atoms with Crippen LogP contribution in [0.5, 0.6) is 0 Å². The van der Waals surface area contributed by atoms with Crippen molar-refractivity contribution in [3.05, 3.63) is 58.7 Å². The van der Waals surface area contributed by atoms with Gasteiger partial charge in [-0.05, 0) is 60.9 Å². The Kier molecular flexibility index (Phi) is 6.28. The fourth-order valence-electron chi connectivity index (χ4n) is 2.95. The minimum Gasteiger partial charge on any atom is -0.307 e. The Balaban J connectivity index is 1.60. The first-order chi connectivity index (χ1) is 13.8. The molecule has 9 heteroatoms. The van der Waals surface area contributed by atoms with Crippen molar-refractivity contribution in [3.63, 3.8) is 0 Å². The van der Waals surface area contributed by atoms with Crippen molar-refractivity contribution in [1.82, 2.24) is 25.5 Å². The summed E-state index contributed by atoms with van der Waals surface area (Å²) < 4.78 is 1.61. The Bertz CT molecular complexity index is 1040. The summed E-state index contributed by atoms with van der Waals surface area (Å²) in [6.07, 6.45) is 0. The highest BCUT2D eigenvalue weighted by atomic mass is 32.2. The van der Waals surface area contributed by atoms with E-state index >= 15 is 0 Å². The highest BCUT2D eigenvalue weighted by Crippen LogP contribution is 2.23. The first-order valence-corrected chi connectivity index (χ1v) is 9.99. The number of hydrogen-bond donors (Lipinski definition) is 2. The van der Waals surface area contributed by atoms with Gasteiger partial charge in [-0.1, -0.05) is 47.7 Å². The maximum atomic E-state index is 12.2. The normalized spacial score (nSPS) is 10.6. The molecule has 1 heterocycles. The zero-order chi connectivity index (χ0) is 21.0. The number of carbonyl (C=O) groups excluding carboxylic acids is 2. The zero-order valence-electron chi connectivity index (χ0n) is 16.7. The second-order valence-electron chi connectivity index (χ2n) is 6.72. The van der Waals surface area contributed by atoms with Gasteiger partial charge in [0.05, 0.1) is 11.4 Å². The van der Waals surface area contributed by atoms with E-state index in [4.69, 9.17) is 0 Å². The van der Waals surface area contributed by atoms with Gasteiger partial charge in [0.15, 0.2) is 0 Å². The van der Waals surface area contributed by atoms with E-state index in [0.717, 1.165) is 39.7 Å². The van der Waals surface area contributed by atoms with Crippen LogP contribution in [0, 0.1) is 27.7 Å². The van der Waals surface area contributed by atoms with E-state index < -0.39 is 11.9 Å². The van der Waals surface area contributed by atoms with Gasteiger partial charge in [0.1, 0.15) is 0 Å². The molecule has 1 aromatic heterocycles. The maximum absolute atomic E-state index is 12.2. The molecule has 3 rings (SSSR count). The summed E-state index contributed by atoms with van der Waals surface area (Å²) in [7, 11) is 0. The van der Waals surface area contributed by atoms with Crippen molar-refractivity contribution in [2.24, 2.45) is 0 Å². The maximum Gasteiger partial charge on any atom is 0.325 e. The molecule has 0 unspecified atom stereocenters. The van der Waals surface area contributed by atoms with Gasteiger partial charge in [0.25, 0.3) is 0 Å². The lowest BCUT2D eigenvalue weighted by atomic mass is 10.1. The molecule has 2 aromatic carbocycles. The molecule has 0 bridgehead atoms. The molecular formula is C20H22N6O2S. The number of anilines is 1. The SMILES string of the molecule is Cc1ccc(NC(=O)NC(=O)CSc2nnnn2-c2c(C)cccc2C)c(C)c1. The van der Waals surface area contributed by atoms with Crippen LogP contribution in [0.2, 0.25) is 0 Å². The van der Waals surface area contributed by atoms with Gasteiger partial charge in [-0.2, -0.15) is 4.68 Å². The number of carbonyl (C=O) groups is 2. The molecule has 0 aliphatic carbocycles. The van der Waals surface area contributed by atoms with Gasteiger partial charge in [0.2, 0.25) is 11.1 Å². The molecule has 0 atom stereocenters. The molecule has 3 amide bonds. The number of aromatic nitrogens is 4. The molecule has 0 radical (unpaired) electrons. The number of nitrogens with one attached hydrogen (secondary N) is 2. The molecular weight excluding hydrogens is 388 g/mol. The van der Waals surface area contributed by atoms with Crippen molar-refractivity contribution in [2.45, 2.75) is 32.9 Å². The van der Waals surface area contributed by atoms with Crippen molar-refractivity contribution in [1.29, 1.82) is 0 Å². The van der Waals surface area contributed by atoms with Gasteiger partial charge in [0, 0.05) is 5.69 Å². The first kappa shape index (κ1) is 20.5. The van der Waals surface area contributed by atoms with Crippen LogP contribution in [-0.2, 0) is 4.79 Å². The number of amides is 3. The number of nitrogens with zero attached hydrogens (tertiary/aromatic N) is 4. The number of tetrazole rings is 1. The van der Waals surface area contributed by atoms with Crippen LogP contribution in [0.3, 0.4) is 0 Å². The van der Waals surface area contributed by atoms with E-state index in [1.165, 1.54) is 0 Å². The molecule has 3 aromatic rings. The van der Waals surface area contributed by atoms with Crippen molar-refractivity contribution < 1.29 is 9.59 Å². The summed E-state index contributed by atoms with van der Waals surface area (Å²) in [5.41, 5.74) is 5.62. The van der Waals surface area contributed by atoms with Gasteiger partial charge < -0.3 is 5.32 Å². The molecule has 8 nitrogen and oxygen atoms in total. The summed E-state index contributed by atoms with van der Waals surface area (Å²) in [5.74, 6) is -0.431. The topological polar surface area (TPSA) is 102 Å². The summed E-state index contributed by atoms with van der Waals surface area (Å²) in [4.78, 5) is 24.3. The highest BCUT2D eigenvalue weighted by Gasteiger charge is 2.16. The van der Waals surface area contributed by atoms with Gasteiger partial charge in [-0.25, -0.2) is 4.79 Å². The van der Waals surface area contributed by atoms with Gasteiger partial charge in [-0.15, -0.1) is 5.10 Å². The number of aryl methyl sites for hydroxylation is 4. The largest absolute Gasteiger partial charge is 0.325 e. The molecule has 0 fully saturated rings. The van der Waals surface area contributed by atoms with Crippen LogP contribution in [-0.4, -0.2) is 37.9 Å². The van der Waals surface area contributed by atoms with Crippen LogP contribution in [0.15, 0.2) is 41.6 Å². The van der Waals surface area contributed by atoms with Crippen molar-refractivity contribution in [2.75, 3.05) is 11.1 Å². The van der Waals surface area contributed by atoms with Crippen LogP contribution < -0.4 is 10.6 Å². The Morgan fingerprint density at radius 3 is 2.45 bits per heavy atom. The lowest BCUT2D eigenvalue weighted by molar-refractivity contribution is -0.117. The summed E-state index contributed by atoms with van der Waals surface area (Å²) in [5, 5.41) is 17.3.